The Labute approximate surface area is 220 Å². The van der Waals surface area contributed by atoms with Crippen molar-refractivity contribution < 1.29 is 24.2 Å². The summed E-state index contributed by atoms with van der Waals surface area (Å²) in [5.41, 5.74) is 4.42. The SMILES string of the molecule is CC(=O)c1cncc(-c2ccc(N3C(=O)[C@H](CC[C@H](O)c4ccc(F)cc4)[C@H]3c3ccc(O)cc3)cc2)c1. The molecule has 0 unspecified atom stereocenters. The third kappa shape index (κ3) is 5.06. The number of phenolic OH excluding ortho intramolecular Hbond substituents is 1. The number of halogens is 1. The van der Waals surface area contributed by atoms with Crippen LogP contribution >= 0.6 is 0 Å². The van der Waals surface area contributed by atoms with Gasteiger partial charge in [0.25, 0.3) is 0 Å². The number of ketones is 1. The van der Waals surface area contributed by atoms with Crippen molar-refractivity contribution in [3.8, 4) is 16.9 Å². The molecule has 0 spiro atoms. The first-order chi connectivity index (χ1) is 18.3. The average Bonchev–Trinajstić information content (AvgIpc) is 2.93. The molecular weight excluding hydrogens is 483 g/mol. The van der Waals surface area contributed by atoms with Crippen molar-refractivity contribution in [2.24, 2.45) is 5.92 Å². The predicted molar refractivity (Wildman–Crippen MR) is 142 cm³/mol. The van der Waals surface area contributed by atoms with Crippen LogP contribution in [0.3, 0.4) is 0 Å². The average molecular weight is 511 g/mol. The van der Waals surface area contributed by atoms with Crippen LogP contribution in [0.15, 0.2) is 91.3 Å². The number of carbonyl (C=O) groups is 2. The Hall–Kier alpha value is -4.36. The summed E-state index contributed by atoms with van der Waals surface area (Å²) >= 11 is 0. The number of amides is 1. The molecule has 3 aromatic carbocycles. The molecule has 38 heavy (non-hydrogen) atoms. The van der Waals surface area contributed by atoms with E-state index in [2.05, 4.69) is 4.98 Å². The zero-order chi connectivity index (χ0) is 26.8. The second kappa shape index (κ2) is 10.6. The van der Waals surface area contributed by atoms with Gasteiger partial charge in [0.2, 0.25) is 5.91 Å². The summed E-state index contributed by atoms with van der Waals surface area (Å²) in [7, 11) is 0. The fraction of sp³-hybridized carbons (Fsp3) is 0.194. The van der Waals surface area contributed by atoms with Gasteiger partial charge in [0.05, 0.1) is 18.1 Å². The van der Waals surface area contributed by atoms with Gasteiger partial charge in [-0.3, -0.25) is 14.6 Å². The molecule has 3 atom stereocenters. The van der Waals surface area contributed by atoms with E-state index in [9.17, 15) is 24.2 Å². The van der Waals surface area contributed by atoms with E-state index >= 15 is 0 Å². The molecule has 1 fully saturated rings. The van der Waals surface area contributed by atoms with Crippen molar-refractivity contribution >= 4 is 17.4 Å². The number of aliphatic hydroxyl groups excluding tert-OH is 1. The summed E-state index contributed by atoms with van der Waals surface area (Å²) in [6, 6.07) is 21.6. The van der Waals surface area contributed by atoms with Crippen LogP contribution < -0.4 is 4.90 Å². The van der Waals surface area contributed by atoms with Crippen LogP contribution in [-0.4, -0.2) is 26.9 Å². The lowest BCUT2D eigenvalue weighted by Crippen LogP contribution is -2.55. The number of aliphatic hydroxyl groups is 1. The molecule has 1 saturated heterocycles. The van der Waals surface area contributed by atoms with Crippen LogP contribution in [0.25, 0.3) is 11.1 Å². The van der Waals surface area contributed by atoms with E-state index in [0.29, 0.717) is 24.0 Å². The monoisotopic (exact) mass is 510 g/mol. The Morgan fingerprint density at radius 3 is 2.32 bits per heavy atom. The smallest absolute Gasteiger partial charge is 0.233 e. The minimum atomic E-state index is -0.809. The summed E-state index contributed by atoms with van der Waals surface area (Å²) in [5, 5.41) is 20.4. The third-order valence-electron chi connectivity index (χ3n) is 7.08. The van der Waals surface area contributed by atoms with Crippen LogP contribution in [0.4, 0.5) is 10.1 Å². The van der Waals surface area contributed by atoms with Crippen molar-refractivity contribution in [1.29, 1.82) is 0 Å². The van der Waals surface area contributed by atoms with Crippen LogP contribution in [0.2, 0.25) is 0 Å². The van der Waals surface area contributed by atoms with Gasteiger partial charge in [-0.05, 0) is 78.9 Å². The molecule has 1 aromatic heterocycles. The molecule has 2 heterocycles. The highest BCUT2D eigenvalue weighted by atomic mass is 19.1. The maximum Gasteiger partial charge on any atom is 0.233 e. The highest BCUT2D eigenvalue weighted by molar-refractivity contribution is 6.03. The number of hydrogen-bond acceptors (Lipinski definition) is 5. The van der Waals surface area contributed by atoms with Crippen LogP contribution in [0.5, 0.6) is 5.75 Å². The van der Waals surface area contributed by atoms with Crippen molar-refractivity contribution in [2.75, 3.05) is 4.90 Å². The third-order valence-corrected chi connectivity index (χ3v) is 7.08. The molecule has 5 rings (SSSR count). The van der Waals surface area contributed by atoms with Gasteiger partial charge in [0.15, 0.2) is 5.78 Å². The number of anilines is 1. The van der Waals surface area contributed by atoms with Crippen molar-refractivity contribution in [3.63, 3.8) is 0 Å². The summed E-state index contributed by atoms with van der Waals surface area (Å²) in [4.78, 5) is 31.0. The molecule has 6 nitrogen and oxygen atoms in total. The molecule has 1 aliphatic heterocycles. The first-order valence-corrected chi connectivity index (χ1v) is 12.4. The fourth-order valence-corrected chi connectivity index (χ4v) is 4.96. The highest BCUT2D eigenvalue weighted by Crippen LogP contribution is 2.46. The summed E-state index contributed by atoms with van der Waals surface area (Å²) in [6.07, 6.45) is 3.22. The number of aromatic nitrogens is 1. The zero-order valence-corrected chi connectivity index (χ0v) is 20.8. The molecule has 1 aliphatic rings. The Balaban J connectivity index is 1.38. The number of Topliss-reactive ketones (excluding diaryl/α,β-unsaturated/α-hetero) is 1. The van der Waals surface area contributed by atoms with Gasteiger partial charge in [-0.15, -0.1) is 0 Å². The second-order valence-electron chi connectivity index (χ2n) is 9.56. The predicted octanol–water partition coefficient (Wildman–Crippen LogP) is 6.01. The van der Waals surface area contributed by atoms with E-state index < -0.39 is 6.10 Å². The lowest BCUT2D eigenvalue weighted by Gasteiger charge is -2.48. The van der Waals surface area contributed by atoms with E-state index in [1.807, 2.05) is 24.3 Å². The molecule has 192 valence electrons. The first kappa shape index (κ1) is 25.3. The quantitative estimate of drug-likeness (QED) is 0.224. The minimum Gasteiger partial charge on any atom is -0.508 e. The molecular formula is C31H27FN2O4. The molecule has 0 saturated carbocycles. The maximum absolute atomic E-state index is 13.4. The lowest BCUT2D eigenvalue weighted by molar-refractivity contribution is -0.131. The summed E-state index contributed by atoms with van der Waals surface area (Å²) in [5.74, 6) is -0.699. The number of pyridine rings is 1. The Morgan fingerprint density at radius 2 is 1.66 bits per heavy atom. The number of benzene rings is 3. The lowest BCUT2D eigenvalue weighted by atomic mass is 9.78. The number of nitrogens with zero attached hydrogens (tertiary/aromatic N) is 2. The molecule has 7 heteroatoms. The van der Waals surface area contributed by atoms with Crippen LogP contribution in [-0.2, 0) is 4.79 Å². The Morgan fingerprint density at radius 1 is 0.974 bits per heavy atom. The number of hydrogen-bond donors (Lipinski definition) is 2. The maximum atomic E-state index is 13.4. The van der Waals surface area contributed by atoms with Crippen molar-refractivity contribution in [1.82, 2.24) is 4.98 Å². The standard InChI is InChI=1S/C31H27FN2O4/c1-19(35)23-16-24(18-33-17-23)20-4-10-26(11-5-20)34-30(22-6-12-27(36)13-7-22)28(31(34)38)14-15-29(37)21-2-8-25(32)9-3-21/h2-13,16-18,28-30,36-37H,14-15H2,1H3/t28-,29+,30-/m1/s1. The Kier molecular flexibility index (Phi) is 7.03. The van der Waals surface area contributed by atoms with Gasteiger partial charge in [-0.1, -0.05) is 36.4 Å². The van der Waals surface area contributed by atoms with E-state index in [4.69, 9.17) is 0 Å². The number of β-lactam (4-membered cyclic amide) rings is 1. The van der Waals surface area contributed by atoms with Crippen molar-refractivity contribution in [3.05, 3.63) is 114 Å². The van der Waals surface area contributed by atoms with Crippen LogP contribution in [0.1, 0.15) is 53.4 Å². The van der Waals surface area contributed by atoms with Gasteiger partial charge >= 0.3 is 0 Å². The number of phenols is 1. The number of carbonyl (C=O) groups excluding carboxylic acids is 2. The molecule has 2 N–H and O–H groups in total. The molecule has 1 amide bonds. The van der Waals surface area contributed by atoms with E-state index in [1.54, 1.807) is 53.6 Å². The minimum absolute atomic E-state index is 0.0534. The number of rotatable bonds is 8. The van der Waals surface area contributed by atoms with Gasteiger partial charge in [-0.25, -0.2) is 4.39 Å². The highest BCUT2D eigenvalue weighted by Gasteiger charge is 2.48. The van der Waals surface area contributed by atoms with E-state index in [-0.39, 0.29) is 35.2 Å². The van der Waals surface area contributed by atoms with Gasteiger partial charge < -0.3 is 15.1 Å². The molecule has 4 aromatic rings. The topological polar surface area (TPSA) is 90.7 Å². The van der Waals surface area contributed by atoms with Crippen LogP contribution in [0, 0.1) is 11.7 Å². The van der Waals surface area contributed by atoms with E-state index in [0.717, 1.165) is 22.4 Å². The molecule has 0 bridgehead atoms. The summed E-state index contributed by atoms with van der Waals surface area (Å²) < 4.78 is 13.3. The van der Waals surface area contributed by atoms with Gasteiger partial charge in [0.1, 0.15) is 11.6 Å². The summed E-state index contributed by atoms with van der Waals surface area (Å²) in [6.45, 7) is 1.50. The number of aromatic hydroxyl groups is 1. The fourth-order valence-electron chi connectivity index (χ4n) is 4.96. The molecule has 0 radical (unpaired) electrons. The van der Waals surface area contributed by atoms with E-state index in [1.165, 1.54) is 25.3 Å². The van der Waals surface area contributed by atoms with Gasteiger partial charge in [0, 0.05) is 29.2 Å². The Bertz CT molecular complexity index is 1450. The van der Waals surface area contributed by atoms with Crippen molar-refractivity contribution in [2.45, 2.75) is 31.9 Å². The van der Waals surface area contributed by atoms with Gasteiger partial charge in [-0.2, -0.15) is 0 Å². The largest absolute Gasteiger partial charge is 0.508 e. The first-order valence-electron chi connectivity index (χ1n) is 12.4. The zero-order valence-electron chi connectivity index (χ0n) is 20.8. The normalized spacial score (nSPS) is 17.7. The molecule has 0 aliphatic carbocycles. The second-order valence-corrected chi connectivity index (χ2v) is 9.56.